The lowest BCUT2D eigenvalue weighted by atomic mass is 10.5. The van der Waals surface area contributed by atoms with Gasteiger partial charge in [0.05, 0.1) is 6.54 Å². The first-order valence-electron chi connectivity index (χ1n) is 2.85. The fourth-order valence-corrected chi connectivity index (χ4v) is 2.44. The summed E-state index contributed by atoms with van der Waals surface area (Å²) in [5.74, 6) is 0. The van der Waals surface area contributed by atoms with Crippen molar-refractivity contribution in [3.63, 3.8) is 0 Å². The zero-order valence-corrected chi connectivity index (χ0v) is 7.54. The van der Waals surface area contributed by atoms with Gasteiger partial charge in [-0.3, -0.25) is 0 Å². The highest BCUT2D eigenvalue weighted by Gasteiger charge is 2.88. The predicted octanol–water partition coefficient (Wildman–Crippen LogP) is 4.01. The second-order valence-electron chi connectivity index (χ2n) is 2.72. The van der Waals surface area contributed by atoms with E-state index in [2.05, 4.69) is 11.6 Å². The normalized spacial score (nSPS) is 38.8. The molecule has 2 unspecified atom stereocenters. The summed E-state index contributed by atoms with van der Waals surface area (Å²) in [6, 6.07) is 0. The second kappa shape index (κ2) is 1.96. The van der Waals surface area contributed by atoms with Gasteiger partial charge in [0.15, 0.2) is 0 Å². The molecule has 1 aliphatic heterocycles. The average molecular weight is 272 g/mol. The van der Waals surface area contributed by atoms with Crippen LogP contribution in [0.15, 0.2) is 0 Å². The van der Waals surface area contributed by atoms with Crippen LogP contribution in [0.2, 0.25) is 0 Å². The van der Waals surface area contributed by atoms with Gasteiger partial charge in [0.25, 0.3) is 0 Å². The molecule has 0 aliphatic carbocycles. The predicted molar refractivity (Wildman–Crippen MR) is 34.5 cm³/mol. The van der Waals surface area contributed by atoms with E-state index in [9.17, 15) is 32.6 Å². The second-order valence-corrected chi connectivity index (χ2v) is 5.64. The highest BCUT2D eigenvalue weighted by atomic mass is 35.5. The molecule has 0 aromatic rings. The molecule has 0 N–H and O–H groups in total. The molecule has 1 rings (SSSR count). The Morgan fingerprint density at radius 1 is 1.07 bits per heavy atom. The van der Waals surface area contributed by atoms with Crippen molar-refractivity contribution in [1.29, 1.82) is 0 Å². The van der Waals surface area contributed by atoms with Crippen molar-refractivity contribution in [2.24, 2.45) is 0 Å². The molecule has 0 amide bonds. The molecule has 0 spiro atoms. The molecule has 1 aliphatic rings. The van der Waals surface area contributed by atoms with Crippen LogP contribution in [0, 0.1) is 0 Å². The molecule has 0 aromatic heterocycles. The van der Waals surface area contributed by atoms with Crippen LogP contribution in [0.1, 0.15) is 0 Å². The van der Waals surface area contributed by atoms with Crippen molar-refractivity contribution in [3.8, 4) is 0 Å². The first-order chi connectivity index (χ1) is 5.58. The van der Waals surface area contributed by atoms with Crippen LogP contribution in [0.25, 0.3) is 0 Å². The number of alkyl halides is 4. The van der Waals surface area contributed by atoms with Crippen molar-refractivity contribution < 1.29 is 32.6 Å². The number of nitrogens with zero attached hydrogens (tertiary/aromatic N) is 1. The third kappa shape index (κ3) is 1.87. The Bertz CT molecular complexity index is 277. The molecule has 14 heavy (non-hydrogen) atoms. The SMILES string of the molecule is FC(F)(F)C1(Cl)CN1S(F)(F)(F)(F)F. The summed E-state index contributed by atoms with van der Waals surface area (Å²) in [5, 5.41) is 0. The van der Waals surface area contributed by atoms with E-state index in [0.29, 0.717) is 0 Å². The molecule has 1 heterocycles. The van der Waals surface area contributed by atoms with E-state index in [1.807, 2.05) is 0 Å². The van der Waals surface area contributed by atoms with Crippen molar-refractivity contribution >= 4 is 22.0 Å². The number of hydrogen-bond donors (Lipinski definition) is 0. The number of rotatable bonds is 1. The van der Waals surface area contributed by atoms with Crippen LogP contribution in [0.3, 0.4) is 0 Å². The van der Waals surface area contributed by atoms with Crippen LogP contribution in [0.4, 0.5) is 32.6 Å². The van der Waals surface area contributed by atoms with Gasteiger partial charge in [-0.2, -0.15) is 13.2 Å². The van der Waals surface area contributed by atoms with Gasteiger partial charge in [-0.05, 0) is 0 Å². The van der Waals surface area contributed by atoms with Gasteiger partial charge < -0.3 is 0 Å². The standard InChI is InChI=1S/C3H2ClF8NS/c4-2(3(5,6)7)1-13(2)14(8,9,10,11)12/h1H2. The minimum absolute atomic E-state index is 1.95. The van der Waals surface area contributed by atoms with Crippen LogP contribution < -0.4 is 0 Å². The smallest absolute Gasteiger partial charge is 0.167 e. The Morgan fingerprint density at radius 3 is 1.50 bits per heavy atom. The van der Waals surface area contributed by atoms with Crippen LogP contribution in [-0.2, 0) is 0 Å². The van der Waals surface area contributed by atoms with Crippen LogP contribution >= 0.6 is 22.0 Å². The van der Waals surface area contributed by atoms with Crippen molar-refractivity contribution in [1.82, 2.24) is 4.31 Å². The molecule has 2 atom stereocenters. The fraction of sp³-hybridized carbons (Fsp3) is 1.00. The van der Waals surface area contributed by atoms with E-state index < -0.39 is 32.4 Å². The summed E-state index contributed by atoms with van der Waals surface area (Å²) < 4.78 is 92.2. The van der Waals surface area contributed by atoms with Gasteiger partial charge in [-0.15, -0.1) is 4.31 Å². The van der Waals surface area contributed by atoms with Crippen LogP contribution in [-0.4, -0.2) is 22.0 Å². The first kappa shape index (κ1) is 12.1. The molecule has 1 fully saturated rings. The highest BCUT2D eigenvalue weighted by molar-refractivity contribution is 8.44. The minimum Gasteiger partial charge on any atom is -0.167 e. The highest BCUT2D eigenvalue weighted by Crippen LogP contribution is 3.03. The van der Waals surface area contributed by atoms with Gasteiger partial charge in [0.1, 0.15) is 0 Å². The van der Waals surface area contributed by atoms with Crippen molar-refractivity contribution in [2.45, 2.75) is 11.2 Å². The van der Waals surface area contributed by atoms with E-state index in [0.717, 1.165) is 0 Å². The Balaban J connectivity index is 3.05. The van der Waals surface area contributed by atoms with Gasteiger partial charge in [-0.25, -0.2) is 0 Å². The Kier molecular flexibility index (Phi) is 1.70. The largest absolute Gasteiger partial charge is 0.423 e. The van der Waals surface area contributed by atoms with E-state index >= 15 is 0 Å². The molecule has 0 bridgehead atoms. The number of halogens is 9. The molecule has 0 aromatic carbocycles. The lowest BCUT2D eigenvalue weighted by Crippen LogP contribution is -2.34. The monoisotopic (exact) mass is 271 g/mol. The maximum atomic E-state index is 11.8. The van der Waals surface area contributed by atoms with E-state index in [-0.39, 0.29) is 0 Å². The van der Waals surface area contributed by atoms with Crippen molar-refractivity contribution in [3.05, 3.63) is 0 Å². The van der Waals surface area contributed by atoms with Gasteiger partial charge in [0.2, 0.25) is 5.00 Å². The lowest BCUT2D eigenvalue weighted by Gasteiger charge is -2.42. The van der Waals surface area contributed by atoms with Gasteiger partial charge >= 0.3 is 16.6 Å². The summed E-state index contributed by atoms with van der Waals surface area (Å²) >= 11 is 4.38. The summed E-state index contributed by atoms with van der Waals surface area (Å²) in [4.78, 5) is -4.00. The average Bonchev–Trinajstić information content (AvgIpc) is 2.34. The molecule has 1 nitrogen and oxygen atoms in total. The van der Waals surface area contributed by atoms with Gasteiger partial charge in [-0.1, -0.05) is 31.0 Å². The summed E-state index contributed by atoms with van der Waals surface area (Å²) in [7, 11) is -10.3. The van der Waals surface area contributed by atoms with E-state index in [1.165, 1.54) is 0 Å². The molecule has 11 heteroatoms. The molecular formula is C3H2ClF8NS. The molecule has 0 radical (unpaired) electrons. The Morgan fingerprint density at radius 2 is 1.43 bits per heavy atom. The minimum atomic E-state index is -10.3. The summed E-state index contributed by atoms with van der Waals surface area (Å²) in [5.41, 5.74) is 0. The topological polar surface area (TPSA) is 3.01 Å². The summed E-state index contributed by atoms with van der Waals surface area (Å²) in [6.07, 6.45) is -5.55. The Labute approximate surface area is 77.5 Å². The third-order valence-electron chi connectivity index (χ3n) is 1.50. The molecule has 88 valence electrons. The third-order valence-corrected chi connectivity index (χ3v) is 3.41. The van der Waals surface area contributed by atoms with E-state index in [1.54, 1.807) is 0 Å². The van der Waals surface area contributed by atoms with E-state index in [4.69, 9.17) is 0 Å². The Hall–Kier alpha value is 0.0400. The number of hydrogen-bond acceptors (Lipinski definition) is 1. The fourth-order valence-electron chi connectivity index (χ4n) is 0.781. The zero-order chi connectivity index (χ0) is 11.7. The quantitative estimate of drug-likeness (QED) is 0.301. The van der Waals surface area contributed by atoms with Crippen LogP contribution in [0.5, 0.6) is 0 Å². The maximum Gasteiger partial charge on any atom is 0.423 e. The van der Waals surface area contributed by atoms with Crippen molar-refractivity contribution in [2.75, 3.05) is 6.54 Å². The molecule has 1 saturated heterocycles. The summed E-state index contributed by atoms with van der Waals surface area (Å²) in [6.45, 7) is -1.98. The zero-order valence-electron chi connectivity index (χ0n) is 5.96. The maximum absolute atomic E-state index is 11.8. The lowest BCUT2D eigenvalue weighted by molar-refractivity contribution is -0.145. The molecular weight excluding hydrogens is 270 g/mol. The van der Waals surface area contributed by atoms with Gasteiger partial charge in [0, 0.05) is 0 Å². The molecule has 0 saturated carbocycles. The first-order valence-corrected chi connectivity index (χ1v) is 5.14.